The number of hydrogen-bond donors (Lipinski definition) is 1. The molecule has 3 aromatic rings. The molecule has 0 radical (unpaired) electrons. The summed E-state index contributed by atoms with van der Waals surface area (Å²) < 4.78 is 1.83. The summed E-state index contributed by atoms with van der Waals surface area (Å²) in [5, 5.41) is 3.51. The lowest BCUT2D eigenvalue weighted by Crippen LogP contribution is -2.33. The molecule has 6 heteroatoms. The normalized spacial score (nSPS) is 15.6. The Morgan fingerprint density at radius 2 is 1.90 bits per heavy atom. The molecule has 0 saturated heterocycles. The maximum atomic E-state index is 13.0. The Labute approximate surface area is 180 Å². The minimum absolute atomic E-state index is 0.0806. The molecule has 1 atom stereocenters. The number of aromatic nitrogens is 2. The second-order valence-corrected chi connectivity index (χ2v) is 8.64. The van der Waals surface area contributed by atoms with Crippen molar-refractivity contribution in [1.29, 1.82) is 0 Å². The Kier molecular flexibility index (Phi) is 5.77. The summed E-state index contributed by atoms with van der Waals surface area (Å²) in [7, 11) is 1.85. The molecule has 1 aromatic heterocycles. The van der Waals surface area contributed by atoms with Crippen molar-refractivity contribution >= 4 is 23.5 Å². The monoisotopic (exact) mass is 419 g/mol. The molecule has 4 rings (SSSR count). The molecule has 0 aliphatic carbocycles. The van der Waals surface area contributed by atoms with Crippen LogP contribution in [-0.2, 0) is 24.0 Å². The molecule has 0 bridgehead atoms. The molecule has 0 saturated carbocycles. The fourth-order valence-electron chi connectivity index (χ4n) is 3.88. The number of carbonyl (C=O) groups excluding carboxylic acids is 1. The summed E-state index contributed by atoms with van der Waals surface area (Å²) >= 11 is 1.50. The molecule has 1 unspecified atom stereocenters. The van der Waals surface area contributed by atoms with Crippen LogP contribution in [0.4, 0.5) is 5.82 Å². The van der Waals surface area contributed by atoms with Gasteiger partial charge in [-0.25, -0.2) is 0 Å². The van der Waals surface area contributed by atoms with E-state index < -0.39 is 0 Å². The van der Waals surface area contributed by atoms with Gasteiger partial charge in [-0.05, 0) is 30.0 Å². The van der Waals surface area contributed by atoms with Gasteiger partial charge in [0, 0.05) is 25.1 Å². The lowest BCUT2D eigenvalue weighted by Gasteiger charge is -2.27. The maximum Gasteiger partial charge on any atom is 0.279 e. The van der Waals surface area contributed by atoms with E-state index in [0.717, 1.165) is 12.0 Å². The average Bonchev–Trinajstić information content (AvgIpc) is 2.74. The first-order valence-electron chi connectivity index (χ1n) is 10.1. The first-order valence-corrected chi connectivity index (χ1v) is 11.1. The van der Waals surface area contributed by atoms with Crippen LogP contribution in [0.5, 0.6) is 0 Å². The summed E-state index contributed by atoms with van der Waals surface area (Å²) in [6, 6.07) is 16.4. The first kappa shape index (κ1) is 20.4. The van der Waals surface area contributed by atoms with Gasteiger partial charge < -0.3 is 9.88 Å². The third-order valence-corrected chi connectivity index (χ3v) is 6.64. The van der Waals surface area contributed by atoms with E-state index in [2.05, 4.69) is 54.5 Å². The number of carbonyl (C=O) groups is 1. The lowest BCUT2D eigenvalue weighted by atomic mass is 9.86. The predicted octanol–water partition coefficient (Wildman–Crippen LogP) is 4.42. The lowest BCUT2D eigenvalue weighted by molar-refractivity contribution is -0.116. The van der Waals surface area contributed by atoms with Gasteiger partial charge in [-0.15, -0.1) is 0 Å². The van der Waals surface area contributed by atoms with E-state index in [-0.39, 0.29) is 23.8 Å². The van der Waals surface area contributed by atoms with Crippen molar-refractivity contribution in [3.05, 3.63) is 86.7 Å². The van der Waals surface area contributed by atoms with E-state index in [1.165, 1.54) is 28.5 Å². The van der Waals surface area contributed by atoms with Crippen LogP contribution in [0.1, 0.15) is 47.1 Å². The number of hydrogen-bond acceptors (Lipinski definition) is 4. The quantitative estimate of drug-likeness (QED) is 0.491. The number of aryl methyl sites for hydroxylation is 2. The molecule has 0 fully saturated rings. The third-order valence-electron chi connectivity index (χ3n) is 5.54. The Balaban J connectivity index is 1.69. The zero-order chi connectivity index (χ0) is 21.3. The molecule has 1 amide bonds. The van der Waals surface area contributed by atoms with Crippen molar-refractivity contribution in [3.8, 4) is 0 Å². The highest BCUT2D eigenvalue weighted by Crippen LogP contribution is 2.36. The van der Waals surface area contributed by atoms with Crippen LogP contribution in [0.15, 0.2) is 58.5 Å². The molecule has 30 heavy (non-hydrogen) atoms. The van der Waals surface area contributed by atoms with Gasteiger partial charge in [0.15, 0.2) is 5.16 Å². The third kappa shape index (κ3) is 4.05. The molecular formula is C24H25N3O2S. The zero-order valence-electron chi connectivity index (χ0n) is 17.4. The van der Waals surface area contributed by atoms with Crippen molar-refractivity contribution in [1.82, 2.24) is 9.55 Å². The standard InChI is InChI=1S/C24H25N3O2S/c1-4-16-8-10-18(11-9-16)19-13-20(28)25-22-21(19)23(29)26-24(27(22)3)30-14-17-7-5-6-15(2)12-17/h5-12,19H,4,13-14H2,1-3H3,(H,25,28). The maximum absolute atomic E-state index is 13.0. The van der Waals surface area contributed by atoms with Gasteiger partial charge in [0.2, 0.25) is 5.91 Å². The minimum Gasteiger partial charge on any atom is -0.312 e. The smallest absolute Gasteiger partial charge is 0.279 e. The second kappa shape index (κ2) is 8.48. The van der Waals surface area contributed by atoms with Gasteiger partial charge in [0.05, 0.1) is 5.56 Å². The van der Waals surface area contributed by atoms with Gasteiger partial charge in [0.25, 0.3) is 5.56 Å². The van der Waals surface area contributed by atoms with Crippen LogP contribution in [-0.4, -0.2) is 15.5 Å². The molecule has 1 N–H and O–H groups in total. The Morgan fingerprint density at radius 1 is 1.13 bits per heavy atom. The van der Waals surface area contributed by atoms with Crippen LogP contribution in [0.25, 0.3) is 0 Å². The van der Waals surface area contributed by atoms with Gasteiger partial charge in [-0.2, -0.15) is 4.98 Å². The zero-order valence-corrected chi connectivity index (χ0v) is 18.3. The Bertz CT molecular complexity index is 1150. The fourth-order valence-corrected chi connectivity index (χ4v) is 4.79. The largest absolute Gasteiger partial charge is 0.312 e. The molecule has 154 valence electrons. The van der Waals surface area contributed by atoms with Gasteiger partial charge >= 0.3 is 0 Å². The highest BCUT2D eigenvalue weighted by atomic mass is 32.2. The van der Waals surface area contributed by atoms with Crippen LogP contribution in [0, 0.1) is 6.92 Å². The first-order chi connectivity index (χ1) is 14.5. The van der Waals surface area contributed by atoms with E-state index >= 15 is 0 Å². The molecule has 2 heterocycles. The predicted molar refractivity (Wildman–Crippen MR) is 121 cm³/mol. The Morgan fingerprint density at radius 3 is 2.60 bits per heavy atom. The van der Waals surface area contributed by atoms with Crippen molar-refractivity contribution in [2.75, 3.05) is 5.32 Å². The number of amides is 1. The molecule has 1 aliphatic rings. The van der Waals surface area contributed by atoms with Gasteiger partial charge in [-0.1, -0.05) is 72.8 Å². The van der Waals surface area contributed by atoms with E-state index in [1.807, 2.05) is 29.8 Å². The van der Waals surface area contributed by atoms with Crippen molar-refractivity contribution in [2.45, 2.75) is 43.5 Å². The fraction of sp³-hybridized carbons (Fsp3) is 0.292. The number of nitrogens with zero attached hydrogens (tertiary/aromatic N) is 2. The SMILES string of the molecule is CCc1ccc(C2CC(=O)Nc3c2c(=O)nc(SCc2cccc(C)c2)n3C)cc1. The van der Waals surface area contributed by atoms with E-state index in [0.29, 0.717) is 22.3 Å². The molecule has 5 nitrogen and oxygen atoms in total. The van der Waals surface area contributed by atoms with Crippen LogP contribution in [0.2, 0.25) is 0 Å². The van der Waals surface area contributed by atoms with Crippen LogP contribution in [0.3, 0.4) is 0 Å². The topological polar surface area (TPSA) is 64.0 Å². The van der Waals surface area contributed by atoms with Crippen molar-refractivity contribution < 1.29 is 4.79 Å². The summed E-state index contributed by atoms with van der Waals surface area (Å²) in [6.45, 7) is 4.16. The number of rotatable bonds is 5. The second-order valence-electron chi connectivity index (χ2n) is 7.70. The van der Waals surface area contributed by atoms with Gasteiger partial charge in [-0.3, -0.25) is 9.59 Å². The minimum atomic E-state index is -0.276. The summed E-state index contributed by atoms with van der Waals surface area (Å²) in [6.07, 6.45) is 1.21. The number of anilines is 1. The summed E-state index contributed by atoms with van der Waals surface area (Å²) in [5.41, 5.74) is 4.88. The molecular weight excluding hydrogens is 394 g/mol. The Hall–Kier alpha value is -2.86. The van der Waals surface area contributed by atoms with E-state index in [9.17, 15) is 9.59 Å². The van der Waals surface area contributed by atoms with Crippen molar-refractivity contribution in [3.63, 3.8) is 0 Å². The van der Waals surface area contributed by atoms with Crippen LogP contribution < -0.4 is 10.9 Å². The number of thioether (sulfide) groups is 1. The highest BCUT2D eigenvalue weighted by molar-refractivity contribution is 7.98. The van der Waals surface area contributed by atoms with Crippen LogP contribution >= 0.6 is 11.8 Å². The molecule has 0 spiro atoms. The van der Waals surface area contributed by atoms with Crippen molar-refractivity contribution in [2.24, 2.45) is 7.05 Å². The van der Waals surface area contributed by atoms with E-state index in [4.69, 9.17) is 0 Å². The highest BCUT2D eigenvalue weighted by Gasteiger charge is 2.32. The van der Waals surface area contributed by atoms with E-state index in [1.54, 1.807) is 0 Å². The molecule has 2 aromatic carbocycles. The average molecular weight is 420 g/mol. The summed E-state index contributed by atoms with van der Waals surface area (Å²) in [4.78, 5) is 29.9. The number of benzene rings is 2. The number of nitrogens with one attached hydrogen (secondary N) is 1. The van der Waals surface area contributed by atoms with Gasteiger partial charge in [0.1, 0.15) is 5.82 Å². The molecule has 1 aliphatic heterocycles. The summed E-state index contributed by atoms with van der Waals surface area (Å²) in [5.74, 6) is 0.906. The number of fused-ring (bicyclic) bond motifs is 1.